The maximum Gasteiger partial charge on any atom is 0.350 e. The van der Waals surface area contributed by atoms with Gasteiger partial charge in [-0.15, -0.1) is 0 Å². The quantitative estimate of drug-likeness (QED) is 0.675. The highest BCUT2D eigenvalue weighted by atomic mass is 32.2. The Morgan fingerprint density at radius 2 is 1.91 bits per heavy atom. The molecule has 2 heterocycles. The number of aliphatic hydroxyl groups excluding tert-OH is 3. The van der Waals surface area contributed by atoms with E-state index < -0.39 is 36.8 Å². The summed E-state index contributed by atoms with van der Waals surface area (Å²) in [5.41, 5.74) is -0.597. The predicted octanol–water partition coefficient (Wildman–Crippen LogP) is 0.00600. The van der Waals surface area contributed by atoms with Crippen LogP contribution in [0.4, 0.5) is 0 Å². The van der Waals surface area contributed by atoms with Gasteiger partial charge in [-0.3, -0.25) is 4.57 Å². The maximum absolute atomic E-state index is 12.2. The number of aliphatic hydroxyl groups is 3. The average Bonchev–Trinajstić information content (AvgIpc) is 2.84. The number of hydrogen-bond donors (Lipinski definition) is 3. The van der Waals surface area contributed by atoms with E-state index in [1.165, 1.54) is 18.0 Å². The monoisotopic (exact) mass is 336 g/mol. The van der Waals surface area contributed by atoms with E-state index in [1.807, 2.05) is 30.3 Å². The van der Waals surface area contributed by atoms with Crippen LogP contribution in [-0.2, 0) is 4.74 Å². The molecular formula is C15H16N2O5S. The molecule has 8 heteroatoms. The predicted molar refractivity (Wildman–Crippen MR) is 82.1 cm³/mol. The van der Waals surface area contributed by atoms with Crippen molar-refractivity contribution in [2.24, 2.45) is 0 Å². The zero-order chi connectivity index (χ0) is 16.4. The minimum absolute atomic E-state index is 0.446. The van der Waals surface area contributed by atoms with Crippen molar-refractivity contribution in [2.45, 2.75) is 34.5 Å². The van der Waals surface area contributed by atoms with Crippen LogP contribution in [0.1, 0.15) is 6.23 Å². The van der Waals surface area contributed by atoms with Crippen molar-refractivity contribution < 1.29 is 20.1 Å². The van der Waals surface area contributed by atoms with E-state index in [1.54, 1.807) is 6.07 Å². The van der Waals surface area contributed by atoms with Gasteiger partial charge in [0.1, 0.15) is 23.3 Å². The molecule has 0 unspecified atom stereocenters. The first-order valence-corrected chi connectivity index (χ1v) is 7.86. The van der Waals surface area contributed by atoms with Crippen molar-refractivity contribution in [1.82, 2.24) is 9.55 Å². The Hall–Kier alpha value is -1.71. The number of hydrogen-bond acceptors (Lipinski definition) is 7. The van der Waals surface area contributed by atoms with Gasteiger partial charge in [0.15, 0.2) is 6.23 Å². The SMILES string of the molecule is O=c1nc(Sc2ccccc2)ccn1[C@@H]1O[C@@H](CO)[C@@H](O)[C@@H]1O. The van der Waals surface area contributed by atoms with E-state index in [9.17, 15) is 15.0 Å². The lowest BCUT2D eigenvalue weighted by atomic mass is 10.1. The molecule has 4 atom stereocenters. The van der Waals surface area contributed by atoms with Crippen molar-refractivity contribution in [1.29, 1.82) is 0 Å². The number of aromatic nitrogens is 2. The molecule has 0 spiro atoms. The van der Waals surface area contributed by atoms with Gasteiger partial charge in [0.2, 0.25) is 0 Å². The molecule has 1 aromatic heterocycles. The number of rotatable bonds is 4. The summed E-state index contributed by atoms with van der Waals surface area (Å²) < 4.78 is 6.44. The molecule has 0 bridgehead atoms. The Kier molecular flexibility index (Phi) is 4.79. The van der Waals surface area contributed by atoms with Crippen LogP contribution in [0.25, 0.3) is 0 Å². The molecule has 23 heavy (non-hydrogen) atoms. The van der Waals surface area contributed by atoms with Crippen LogP contribution < -0.4 is 5.69 Å². The summed E-state index contributed by atoms with van der Waals surface area (Å²) in [6.45, 7) is -0.446. The Bertz CT molecular complexity index is 723. The Morgan fingerprint density at radius 3 is 2.52 bits per heavy atom. The summed E-state index contributed by atoms with van der Waals surface area (Å²) >= 11 is 1.34. The second kappa shape index (κ2) is 6.81. The minimum atomic E-state index is -1.31. The van der Waals surface area contributed by atoms with E-state index in [0.29, 0.717) is 5.03 Å². The fourth-order valence-electron chi connectivity index (χ4n) is 2.37. The van der Waals surface area contributed by atoms with Crippen molar-refractivity contribution in [2.75, 3.05) is 6.61 Å². The second-order valence-corrected chi connectivity index (χ2v) is 6.19. The minimum Gasteiger partial charge on any atom is -0.394 e. The largest absolute Gasteiger partial charge is 0.394 e. The van der Waals surface area contributed by atoms with Crippen molar-refractivity contribution >= 4 is 11.8 Å². The highest BCUT2D eigenvalue weighted by Crippen LogP contribution is 2.29. The molecule has 0 radical (unpaired) electrons. The smallest absolute Gasteiger partial charge is 0.350 e. The van der Waals surface area contributed by atoms with Crippen LogP contribution in [-0.4, -0.2) is 49.8 Å². The Balaban J connectivity index is 1.82. The van der Waals surface area contributed by atoms with Crippen molar-refractivity contribution in [3.8, 4) is 0 Å². The zero-order valence-corrected chi connectivity index (χ0v) is 12.8. The van der Waals surface area contributed by atoms with Gasteiger partial charge >= 0.3 is 5.69 Å². The third kappa shape index (κ3) is 3.31. The molecule has 2 aromatic rings. The summed E-state index contributed by atoms with van der Waals surface area (Å²) in [5.74, 6) is 0. The molecule has 3 N–H and O–H groups in total. The lowest BCUT2D eigenvalue weighted by Gasteiger charge is -2.17. The Morgan fingerprint density at radius 1 is 1.17 bits per heavy atom. The molecule has 7 nitrogen and oxygen atoms in total. The van der Waals surface area contributed by atoms with Crippen molar-refractivity contribution in [3.05, 3.63) is 53.1 Å². The van der Waals surface area contributed by atoms with Crippen LogP contribution in [0.15, 0.2) is 57.3 Å². The van der Waals surface area contributed by atoms with Gasteiger partial charge in [0.25, 0.3) is 0 Å². The first-order chi connectivity index (χ1) is 11.1. The van der Waals surface area contributed by atoms with Crippen LogP contribution in [0.2, 0.25) is 0 Å². The normalized spacial score (nSPS) is 27.3. The molecule has 0 aliphatic carbocycles. The molecule has 1 fully saturated rings. The lowest BCUT2D eigenvalue weighted by Crippen LogP contribution is -2.36. The third-order valence-electron chi connectivity index (χ3n) is 3.56. The second-order valence-electron chi connectivity index (χ2n) is 5.10. The maximum atomic E-state index is 12.2. The van der Waals surface area contributed by atoms with E-state index in [0.717, 1.165) is 9.46 Å². The van der Waals surface area contributed by atoms with Crippen LogP contribution in [0.3, 0.4) is 0 Å². The van der Waals surface area contributed by atoms with Gasteiger partial charge in [-0.1, -0.05) is 30.0 Å². The third-order valence-corrected chi connectivity index (χ3v) is 4.51. The average molecular weight is 336 g/mol. The summed E-state index contributed by atoms with van der Waals surface area (Å²) in [6.07, 6.45) is -3.10. The van der Waals surface area contributed by atoms with E-state index in [2.05, 4.69) is 4.98 Å². The van der Waals surface area contributed by atoms with E-state index >= 15 is 0 Å². The fourth-order valence-corrected chi connectivity index (χ4v) is 3.15. The highest BCUT2D eigenvalue weighted by molar-refractivity contribution is 7.99. The van der Waals surface area contributed by atoms with Gasteiger partial charge in [0, 0.05) is 11.1 Å². The van der Waals surface area contributed by atoms with Gasteiger partial charge in [-0.2, -0.15) is 4.98 Å². The van der Waals surface area contributed by atoms with Crippen LogP contribution in [0, 0.1) is 0 Å². The van der Waals surface area contributed by atoms with Gasteiger partial charge in [0.05, 0.1) is 6.61 Å². The van der Waals surface area contributed by atoms with Crippen molar-refractivity contribution in [3.63, 3.8) is 0 Å². The molecular weight excluding hydrogens is 320 g/mol. The lowest BCUT2D eigenvalue weighted by molar-refractivity contribution is -0.0551. The van der Waals surface area contributed by atoms with Crippen LogP contribution >= 0.6 is 11.8 Å². The summed E-state index contributed by atoms with van der Waals surface area (Å²) in [5, 5.41) is 29.3. The molecule has 1 saturated heterocycles. The van der Waals surface area contributed by atoms with Gasteiger partial charge < -0.3 is 20.1 Å². The first-order valence-electron chi connectivity index (χ1n) is 7.04. The summed E-state index contributed by atoms with van der Waals surface area (Å²) in [4.78, 5) is 17.1. The molecule has 0 saturated carbocycles. The van der Waals surface area contributed by atoms with Gasteiger partial charge in [-0.05, 0) is 18.2 Å². The highest BCUT2D eigenvalue weighted by Gasteiger charge is 2.43. The molecule has 1 aliphatic heterocycles. The molecule has 1 aromatic carbocycles. The van der Waals surface area contributed by atoms with Crippen LogP contribution in [0.5, 0.6) is 0 Å². The summed E-state index contributed by atoms with van der Waals surface area (Å²) in [6, 6.07) is 11.1. The number of ether oxygens (including phenoxy) is 1. The fraction of sp³-hybridized carbons (Fsp3) is 0.333. The van der Waals surface area contributed by atoms with E-state index in [-0.39, 0.29) is 0 Å². The molecule has 3 rings (SSSR count). The molecule has 1 aliphatic rings. The van der Waals surface area contributed by atoms with Gasteiger partial charge in [-0.25, -0.2) is 4.79 Å². The Labute approximate surface area is 136 Å². The molecule has 122 valence electrons. The first kappa shape index (κ1) is 16.2. The van der Waals surface area contributed by atoms with E-state index in [4.69, 9.17) is 9.84 Å². The molecule has 0 amide bonds. The standard InChI is InChI=1S/C15H16N2O5S/c18-8-10-12(19)13(20)14(22-10)17-7-6-11(16-15(17)21)23-9-4-2-1-3-5-9/h1-7,10,12-14,18-20H,8H2/t10-,12+,13-,14+/m0/s1. The zero-order valence-electron chi connectivity index (χ0n) is 12.0. The number of benzene rings is 1. The number of nitrogens with zero attached hydrogens (tertiary/aromatic N) is 2. The topological polar surface area (TPSA) is 105 Å². The summed E-state index contributed by atoms with van der Waals surface area (Å²) in [7, 11) is 0.